The van der Waals surface area contributed by atoms with Crippen LogP contribution < -0.4 is 20.8 Å². The minimum atomic E-state index is -0.148. The zero-order valence-corrected chi connectivity index (χ0v) is 13.5. The van der Waals surface area contributed by atoms with Gasteiger partial charge in [-0.25, -0.2) is 0 Å². The number of hydrogen-bond acceptors (Lipinski definition) is 4. The summed E-state index contributed by atoms with van der Waals surface area (Å²) < 4.78 is 12.9. The van der Waals surface area contributed by atoms with Crippen LogP contribution in [0.3, 0.4) is 0 Å². The molecular formula is C19H18N2O3. The van der Waals surface area contributed by atoms with Crippen LogP contribution in [0.4, 0.5) is 5.69 Å². The number of methoxy groups -OCH3 is 1. The van der Waals surface area contributed by atoms with Crippen molar-refractivity contribution in [1.29, 1.82) is 0 Å². The standard InChI is InChI=1S/C19H18N2O3/c1-21-12-16(18(23-2)11-19(21)22)15-10-13(20)8-9-17(15)24-14-6-4-3-5-7-14/h3-12H,20H2,1-2H3. The molecule has 0 spiro atoms. The van der Waals surface area contributed by atoms with Crippen LogP contribution in [0.2, 0.25) is 0 Å². The van der Waals surface area contributed by atoms with Gasteiger partial charge in [0.25, 0.3) is 5.56 Å². The summed E-state index contributed by atoms with van der Waals surface area (Å²) >= 11 is 0. The second-order valence-electron chi connectivity index (χ2n) is 5.38. The molecule has 2 N–H and O–H groups in total. The van der Waals surface area contributed by atoms with Gasteiger partial charge in [0.2, 0.25) is 0 Å². The average Bonchev–Trinajstić information content (AvgIpc) is 2.59. The first-order valence-electron chi connectivity index (χ1n) is 7.46. The van der Waals surface area contributed by atoms with Gasteiger partial charge in [-0.2, -0.15) is 0 Å². The smallest absolute Gasteiger partial charge is 0.254 e. The van der Waals surface area contributed by atoms with E-state index in [1.165, 1.54) is 17.7 Å². The number of nitrogens with two attached hydrogens (primary N) is 1. The average molecular weight is 322 g/mol. The number of hydrogen-bond donors (Lipinski definition) is 1. The molecule has 1 heterocycles. The van der Waals surface area contributed by atoms with Gasteiger partial charge in [-0.15, -0.1) is 0 Å². The van der Waals surface area contributed by atoms with Crippen molar-refractivity contribution in [3.8, 4) is 28.4 Å². The van der Waals surface area contributed by atoms with Gasteiger partial charge in [-0.3, -0.25) is 4.79 Å². The molecule has 5 nitrogen and oxygen atoms in total. The maximum atomic E-state index is 11.9. The molecule has 0 atom stereocenters. The summed E-state index contributed by atoms with van der Waals surface area (Å²) in [6.45, 7) is 0. The molecule has 0 fully saturated rings. The fourth-order valence-electron chi connectivity index (χ4n) is 2.45. The SMILES string of the molecule is COc1cc(=O)n(C)cc1-c1cc(N)ccc1Oc1ccccc1. The Morgan fingerprint density at radius 2 is 1.71 bits per heavy atom. The minimum Gasteiger partial charge on any atom is -0.496 e. The molecule has 0 saturated heterocycles. The molecule has 1 aromatic heterocycles. The zero-order valence-electron chi connectivity index (χ0n) is 13.5. The number of pyridine rings is 1. The lowest BCUT2D eigenvalue weighted by atomic mass is 10.0. The molecule has 0 aliphatic carbocycles. The number of aryl methyl sites for hydroxylation is 1. The van der Waals surface area contributed by atoms with Crippen molar-refractivity contribution in [3.05, 3.63) is 71.1 Å². The maximum absolute atomic E-state index is 11.9. The Labute approximate surface area is 139 Å². The van der Waals surface area contributed by atoms with E-state index in [1.54, 1.807) is 25.4 Å². The second-order valence-corrected chi connectivity index (χ2v) is 5.38. The highest BCUT2D eigenvalue weighted by atomic mass is 16.5. The molecule has 24 heavy (non-hydrogen) atoms. The summed E-state index contributed by atoms with van der Waals surface area (Å²) in [6, 6.07) is 16.3. The van der Waals surface area contributed by atoms with Crippen LogP contribution >= 0.6 is 0 Å². The van der Waals surface area contributed by atoms with Gasteiger partial charge in [-0.05, 0) is 30.3 Å². The lowest BCUT2D eigenvalue weighted by Crippen LogP contribution is -2.15. The van der Waals surface area contributed by atoms with Crippen LogP contribution in [0.1, 0.15) is 0 Å². The third-order valence-corrected chi connectivity index (χ3v) is 3.68. The van der Waals surface area contributed by atoms with Crippen LogP contribution in [0.25, 0.3) is 11.1 Å². The third kappa shape index (κ3) is 3.10. The lowest BCUT2D eigenvalue weighted by Gasteiger charge is -2.15. The van der Waals surface area contributed by atoms with Crippen molar-refractivity contribution in [2.24, 2.45) is 7.05 Å². The third-order valence-electron chi connectivity index (χ3n) is 3.68. The highest BCUT2D eigenvalue weighted by Gasteiger charge is 2.14. The number of ether oxygens (including phenoxy) is 2. The number of aromatic nitrogens is 1. The normalized spacial score (nSPS) is 10.4. The predicted molar refractivity (Wildman–Crippen MR) is 94.6 cm³/mol. The van der Waals surface area contributed by atoms with Crippen LogP contribution in [-0.4, -0.2) is 11.7 Å². The Kier molecular flexibility index (Phi) is 4.24. The Morgan fingerprint density at radius 3 is 2.42 bits per heavy atom. The number of nitrogen functional groups attached to an aromatic ring is 1. The van der Waals surface area contributed by atoms with E-state index in [0.717, 1.165) is 11.1 Å². The number of nitrogens with zero attached hydrogens (tertiary/aromatic N) is 1. The van der Waals surface area contributed by atoms with Gasteiger partial charge in [0.1, 0.15) is 17.2 Å². The van der Waals surface area contributed by atoms with E-state index in [1.807, 2.05) is 36.4 Å². The molecule has 0 bridgehead atoms. The quantitative estimate of drug-likeness (QED) is 0.747. The van der Waals surface area contributed by atoms with E-state index in [4.69, 9.17) is 15.2 Å². The van der Waals surface area contributed by atoms with Crippen LogP contribution in [0.5, 0.6) is 17.2 Å². The monoisotopic (exact) mass is 322 g/mol. The Bertz CT molecular complexity index is 918. The van der Waals surface area contributed by atoms with Gasteiger partial charge in [0.05, 0.1) is 7.11 Å². The van der Waals surface area contributed by atoms with Gasteiger partial charge in [-0.1, -0.05) is 18.2 Å². The first-order chi connectivity index (χ1) is 11.6. The molecule has 2 aromatic carbocycles. The lowest BCUT2D eigenvalue weighted by molar-refractivity contribution is 0.414. The molecule has 0 saturated carbocycles. The summed E-state index contributed by atoms with van der Waals surface area (Å²) in [5.41, 5.74) is 7.89. The molecule has 0 unspecified atom stereocenters. The van der Waals surface area contributed by atoms with Crippen molar-refractivity contribution in [2.45, 2.75) is 0 Å². The molecule has 3 rings (SSSR count). The van der Waals surface area contributed by atoms with E-state index in [-0.39, 0.29) is 5.56 Å². The van der Waals surface area contributed by atoms with Crippen LogP contribution in [0.15, 0.2) is 65.6 Å². The first kappa shape index (κ1) is 15.7. The van der Waals surface area contributed by atoms with E-state index in [9.17, 15) is 4.79 Å². The predicted octanol–water partition coefficient (Wildman–Crippen LogP) is 3.44. The topological polar surface area (TPSA) is 66.5 Å². The summed E-state index contributed by atoms with van der Waals surface area (Å²) in [5, 5.41) is 0. The molecule has 0 aliphatic rings. The maximum Gasteiger partial charge on any atom is 0.254 e. The van der Waals surface area contributed by atoms with Crippen molar-refractivity contribution < 1.29 is 9.47 Å². The van der Waals surface area contributed by atoms with Crippen LogP contribution in [0, 0.1) is 0 Å². The Hall–Kier alpha value is -3.21. The van der Waals surface area contributed by atoms with Gasteiger partial charge >= 0.3 is 0 Å². The number of anilines is 1. The second kappa shape index (κ2) is 6.50. The summed E-state index contributed by atoms with van der Waals surface area (Å²) in [5.74, 6) is 1.82. The summed E-state index contributed by atoms with van der Waals surface area (Å²) in [4.78, 5) is 11.9. The number of rotatable bonds is 4. The van der Waals surface area contributed by atoms with Crippen molar-refractivity contribution >= 4 is 5.69 Å². The first-order valence-corrected chi connectivity index (χ1v) is 7.46. The number of benzene rings is 2. The van der Waals surface area contributed by atoms with Crippen molar-refractivity contribution in [2.75, 3.05) is 12.8 Å². The zero-order chi connectivity index (χ0) is 17.1. The van der Waals surface area contributed by atoms with Crippen LogP contribution in [-0.2, 0) is 7.05 Å². The van der Waals surface area contributed by atoms with Crippen molar-refractivity contribution in [3.63, 3.8) is 0 Å². The van der Waals surface area contributed by atoms with E-state index >= 15 is 0 Å². The minimum absolute atomic E-state index is 0.148. The van der Waals surface area contributed by atoms with Gasteiger partial charge in [0.15, 0.2) is 0 Å². The van der Waals surface area contributed by atoms with Gasteiger partial charge in [0, 0.05) is 36.1 Å². The van der Waals surface area contributed by atoms with E-state index in [0.29, 0.717) is 22.9 Å². The number of para-hydroxylation sites is 1. The molecular weight excluding hydrogens is 304 g/mol. The van der Waals surface area contributed by atoms with Gasteiger partial charge < -0.3 is 19.8 Å². The molecule has 3 aromatic rings. The Balaban J connectivity index is 2.16. The summed E-state index contributed by atoms with van der Waals surface area (Å²) in [6.07, 6.45) is 1.72. The summed E-state index contributed by atoms with van der Waals surface area (Å²) in [7, 11) is 3.22. The van der Waals surface area contributed by atoms with Crippen molar-refractivity contribution in [1.82, 2.24) is 4.57 Å². The fraction of sp³-hybridized carbons (Fsp3) is 0.105. The molecule has 0 aliphatic heterocycles. The molecule has 122 valence electrons. The molecule has 0 amide bonds. The van der Waals surface area contributed by atoms with E-state index < -0.39 is 0 Å². The fourth-order valence-corrected chi connectivity index (χ4v) is 2.45. The largest absolute Gasteiger partial charge is 0.496 e. The Morgan fingerprint density at radius 1 is 0.958 bits per heavy atom. The molecule has 0 radical (unpaired) electrons. The van der Waals surface area contributed by atoms with E-state index in [2.05, 4.69) is 0 Å². The highest BCUT2D eigenvalue weighted by Crippen LogP contribution is 2.38. The highest BCUT2D eigenvalue weighted by molar-refractivity contribution is 5.78. The molecule has 5 heteroatoms.